The molecule has 0 saturated carbocycles. The Kier molecular flexibility index (Phi) is 5.91. The van der Waals surface area contributed by atoms with E-state index in [1.165, 1.54) is 6.07 Å². The monoisotopic (exact) mass is 322 g/mol. The Morgan fingerprint density at radius 3 is 2.45 bits per heavy atom. The third-order valence-electron chi connectivity index (χ3n) is 2.46. The maximum atomic E-state index is 12.0. The van der Waals surface area contributed by atoms with E-state index in [-0.39, 0.29) is 29.8 Å². The molecule has 0 aliphatic carbocycles. The van der Waals surface area contributed by atoms with Crippen molar-refractivity contribution in [2.45, 2.75) is 31.8 Å². The Bertz CT molecular complexity index is 610. The first-order valence-corrected chi connectivity index (χ1v) is 9.34. The molecule has 1 atom stereocenters. The highest BCUT2D eigenvalue weighted by Gasteiger charge is 2.26. The highest BCUT2D eigenvalue weighted by molar-refractivity contribution is 7.86. The largest absolute Gasteiger partial charge is 0.332 e. The molecule has 0 saturated heterocycles. The molecule has 114 valence electrons. The third kappa shape index (κ3) is 4.68. The Morgan fingerprint density at radius 2 is 1.90 bits per heavy atom. The molecule has 0 heterocycles. The first-order chi connectivity index (χ1) is 9.22. The standard InChI is InChI=1S/C12H19O6PS/c1-4-17-19(13,14)9-11-8-10(3)6-7-12(11)20(15,16)18-5-2/h6-8H,4-5,9H2,1-3H3,(H,13,14). The molecule has 20 heavy (non-hydrogen) atoms. The van der Waals surface area contributed by atoms with Crippen LogP contribution in [0.3, 0.4) is 0 Å². The normalized spacial score (nSPS) is 15.0. The van der Waals surface area contributed by atoms with E-state index >= 15 is 0 Å². The minimum Gasteiger partial charge on any atom is -0.324 e. The molecule has 0 aliphatic heterocycles. The maximum Gasteiger partial charge on any atom is 0.332 e. The van der Waals surface area contributed by atoms with Crippen LogP contribution in [0.25, 0.3) is 0 Å². The van der Waals surface area contributed by atoms with Gasteiger partial charge in [0.1, 0.15) is 0 Å². The summed E-state index contributed by atoms with van der Waals surface area (Å²) in [6.07, 6.45) is -0.371. The van der Waals surface area contributed by atoms with Gasteiger partial charge in [-0.25, -0.2) is 0 Å². The van der Waals surface area contributed by atoms with Crippen LogP contribution < -0.4 is 0 Å². The lowest BCUT2D eigenvalue weighted by Gasteiger charge is -2.14. The molecular weight excluding hydrogens is 303 g/mol. The fourth-order valence-corrected chi connectivity index (χ4v) is 4.18. The summed E-state index contributed by atoms with van der Waals surface area (Å²) in [6.45, 7) is 4.99. The van der Waals surface area contributed by atoms with Gasteiger partial charge in [0.2, 0.25) is 0 Å². The average Bonchev–Trinajstić information content (AvgIpc) is 2.27. The predicted octanol–water partition coefficient (Wildman–Crippen LogP) is 2.44. The fraction of sp³-hybridized carbons (Fsp3) is 0.500. The number of rotatable bonds is 7. The third-order valence-corrected chi connectivity index (χ3v) is 5.34. The van der Waals surface area contributed by atoms with E-state index in [9.17, 15) is 17.9 Å². The second-order valence-corrected chi connectivity index (χ2v) is 7.62. The minimum absolute atomic E-state index is 0.00209. The van der Waals surface area contributed by atoms with Crippen molar-refractivity contribution in [3.8, 4) is 0 Å². The van der Waals surface area contributed by atoms with Crippen LogP contribution in [0.5, 0.6) is 0 Å². The lowest BCUT2D eigenvalue weighted by molar-refractivity contribution is 0.272. The molecular formula is C12H19O6PS. The van der Waals surface area contributed by atoms with Gasteiger partial charge in [0.15, 0.2) is 0 Å². The second-order valence-electron chi connectivity index (χ2n) is 4.19. The van der Waals surface area contributed by atoms with Crippen LogP contribution in [0.2, 0.25) is 0 Å². The van der Waals surface area contributed by atoms with E-state index in [0.717, 1.165) is 5.56 Å². The molecule has 8 heteroatoms. The zero-order valence-electron chi connectivity index (χ0n) is 11.7. The van der Waals surface area contributed by atoms with Gasteiger partial charge in [0, 0.05) is 0 Å². The topological polar surface area (TPSA) is 89.9 Å². The van der Waals surface area contributed by atoms with Gasteiger partial charge in [-0.05, 0) is 32.4 Å². The molecule has 1 unspecified atom stereocenters. The van der Waals surface area contributed by atoms with Gasteiger partial charge in [-0.1, -0.05) is 17.7 Å². The summed E-state index contributed by atoms with van der Waals surface area (Å²) in [7, 11) is -7.80. The second kappa shape index (κ2) is 6.83. The summed E-state index contributed by atoms with van der Waals surface area (Å²) in [5, 5.41) is 0. The first kappa shape index (κ1) is 17.3. The Labute approximate surface area is 119 Å². The van der Waals surface area contributed by atoms with Crippen LogP contribution in [-0.4, -0.2) is 26.5 Å². The lowest BCUT2D eigenvalue weighted by Crippen LogP contribution is -2.10. The van der Waals surface area contributed by atoms with Gasteiger partial charge in [-0.15, -0.1) is 0 Å². The van der Waals surface area contributed by atoms with Gasteiger partial charge in [-0.3, -0.25) is 8.75 Å². The van der Waals surface area contributed by atoms with Crippen molar-refractivity contribution in [3.63, 3.8) is 0 Å². The van der Waals surface area contributed by atoms with E-state index in [1.807, 2.05) is 0 Å². The summed E-state index contributed by atoms with van der Waals surface area (Å²) in [4.78, 5) is 9.58. The molecule has 1 rings (SSSR count). The molecule has 1 aromatic rings. The predicted molar refractivity (Wildman–Crippen MR) is 75.1 cm³/mol. The Hall–Kier alpha value is -0.720. The van der Waals surface area contributed by atoms with Crippen molar-refractivity contribution in [3.05, 3.63) is 29.3 Å². The van der Waals surface area contributed by atoms with Crippen LogP contribution in [0, 0.1) is 6.92 Å². The van der Waals surface area contributed by atoms with E-state index in [2.05, 4.69) is 0 Å². The maximum absolute atomic E-state index is 12.0. The molecule has 0 spiro atoms. The highest BCUT2D eigenvalue weighted by atomic mass is 32.2. The minimum atomic E-state index is -3.93. The van der Waals surface area contributed by atoms with Crippen molar-refractivity contribution < 1.29 is 26.6 Å². The number of hydrogen-bond acceptors (Lipinski definition) is 5. The van der Waals surface area contributed by atoms with Gasteiger partial charge in [-0.2, -0.15) is 8.42 Å². The molecule has 0 amide bonds. The van der Waals surface area contributed by atoms with Crippen molar-refractivity contribution in [1.82, 2.24) is 0 Å². The highest BCUT2D eigenvalue weighted by Crippen LogP contribution is 2.46. The molecule has 6 nitrogen and oxygen atoms in total. The molecule has 1 aromatic carbocycles. The van der Waals surface area contributed by atoms with Crippen molar-refractivity contribution in [2.24, 2.45) is 0 Å². The van der Waals surface area contributed by atoms with Gasteiger partial charge in [0.05, 0.1) is 24.3 Å². The summed E-state index contributed by atoms with van der Waals surface area (Å²) < 4.78 is 45.3. The molecule has 1 N–H and O–H groups in total. The van der Waals surface area contributed by atoms with Crippen molar-refractivity contribution >= 4 is 17.7 Å². The van der Waals surface area contributed by atoms with E-state index in [0.29, 0.717) is 0 Å². The van der Waals surface area contributed by atoms with Crippen LogP contribution in [0.15, 0.2) is 23.1 Å². The molecule has 0 aromatic heterocycles. The number of aryl methyl sites for hydroxylation is 1. The quantitative estimate of drug-likeness (QED) is 0.612. The number of hydrogen-bond donors (Lipinski definition) is 1. The zero-order valence-corrected chi connectivity index (χ0v) is 13.4. The van der Waals surface area contributed by atoms with Crippen LogP contribution in [-0.2, 0) is 29.6 Å². The lowest BCUT2D eigenvalue weighted by atomic mass is 10.2. The molecule has 0 radical (unpaired) electrons. The summed E-state index contributed by atoms with van der Waals surface area (Å²) in [5.41, 5.74) is 1.00. The van der Waals surface area contributed by atoms with Crippen LogP contribution >= 0.6 is 7.60 Å². The average molecular weight is 322 g/mol. The summed E-state index contributed by atoms with van der Waals surface area (Å²) in [6, 6.07) is 4.54. The van der Waals surface area contributed by atoms with Crippen molar-refractivity contribution in [2.75, 3.05) is 13.2 Å². The smallest absolute Gasteiger partial charge is 0.324 e. The summed E-state index contributed by atoms with van der Waals surface area (Å²) in [5.74, 6) is 0. The molecule has 0 fully saturated rings. The Balaban J connectivity index is 3.25. The van der Waals surface area contributed by atoms with E-state index < -0.39 is 17.7 Å². The first-order valence-electron chi connectivity index (χ1n) is 6.17. The summed E-state index contributed by atoms with van der Waals surface area (Å²) >= 11 is 0. The SMILES string of the molecule is CCOP(=O)(O)Cc1cc(C)ccc1S(=O)(=O)OCC. The zero-order chi connectivity index (χ0) is 15.4. The Morgan fingerprint density at radius 1 is 1.25 bits per heavy atom. The fourth-order valence-electron chi connectivity index (χ4n) is 1.76. The van der Waals surface area contributed by atoms with E-state index in [1.54, 1.807) is 32.9 Å². The van der Waals surface area contributed by atoms with Gasteiger partial charge < -0.3 is 9.42 Å². The van der Waals surface area contributed by atoms with Crippen LogP contribution in [0.1, 0.15) is 25.0 Å². The molecule has 0 bridgehead atoms. The number of benzene rings is 1. The molecule has 0 aliphatic rings. The van der Waals surface area contributed by atoms with Crippen LogP contribution in [0.4, 0.5) is 0 Å². The van der Waals surface area contributed by atoms with E-state index in [4.69, 9.17) is 8.71 Å². The van der Waals surface area contributed by atoms with Gasteiger partial charge >= 0.3 is 7.60 Å². The van der Waals surface area contributed by atoms with Gasteiger partial charge in [0.25, 0.3) is 10.1 Å². The van der Waals surface area contributed by atoms with Crippen molar-refractivity contribution in [1.29, 1.82) is 0 Å².